The molecular formula is C6H8N4OS. The number of aromatic nitrogens is 3. The fraction of sp³-hybridized carbons (Fsp3) is 0.500. The van der Waals surface area contributed by atoms with E-state index in [-0.39, 0.29) is 11.8 Å². The Morgan fingerprint density at radius 1 is 1.75 bits per heavy atom. The molecule has 2 rings (SSSR count). The highest BCUT2D eigenvalue weighted by Crippen LogP contribution is 2.20. The lowest BCUT2D eigenvalue weighted by molar-refractivity contribution is -0.119. The minimum Gasteiger partial charge on any atom is -0.355 e. The molecule has 5 nitrogen and oxygen atoms in total. The SMILES string of the molecule is O=C1CC(c2ncnn2S)CN1. The second-order valence-corrected chi connectivity index (χ2v) is 3.09. The number of thiol groups is 1. The van der Waals surface area contributed by atoms with Gasteiger partial charge in [-0.1, -0.05) is 0 Å². The summed E-state index contributed by atoms with van der Waals surface area (Å²) in [5.41, 5.74) is 0. The largest absolute Gasteiger partial charge is 0.355 e. The van der Waals surface area contributed by atoms with Gasteiger partial charge in [-0.15, -0.1) is 5.10 Å². The predicted molar refractivity (Wildman–Crippen MR) is 44.8 cm³/mol. The molecule has 1 amide bonds. The average Bonchev–Trinajstić information content (AvgIpc) is 2.58. The van der Waals surface area contributed by atoms with Crippen molar-refractivity contribution >= 4 is 18.7 Å². The summed E-state index contributed by atoms with van der Waals surface area (Å²) in [5.74, 6) is 0.936. The summed E-state index contributed by atoms with van der Waals surface area (Å²) < 4.78 is 1.41. The number of rotatable bonds is 1. The van der Waals surface area contributed by atoms with Gasteiger partial charge in [-0.2, -0.15) is 4.09 Å². The van der Waals surface area contributed by atoms with Gasteiger partial charge in [-0.3, -0.25) is 4.79 Å². The lowest BCUT2D eigenvalue weighted by Crippen LogP contribution is -2.14. The number of carbonyl (C=O) groups excluding carboxylic acids is 1. The Labute approximate surface area is 74.7 Å². The third-order valence-corrected chi connectivity index (χ3v) is 2.21. The number of amides is 1. The van der Waals surface area contributed by atoms with Crippen LogP contribution in [0.3, 0.4) is 0 Å². The van der Waals surface area contributed by atoms with Crippen molar-refractivity contribution in [2.24, 2.45) is 0 Å². The lowest BCUT2D eigenvalue weighted by atomic mass is 10.1. The highest BCUT2D eigenvalue weighted by molar-refractivity contribution is 7.78. The second kappa shape index (κ2) is 2.78. The first-order valence-corrected chi connectivity index (χ1v) is 4.03. The van der Waals surface area contributed by atoms with Crippen molar-refractivity contribution in [2.45, 2.75) is 12.3 Å². The van der Waals surface area contributed by atoms with E-state index in [2.05, 4.69) is 28.2 Å². The van der Waals surface area contributed by atoms with Crippen LogP contribution in [-0.4, -0.2) is 26.6 Å². The van der Waals surface area contributed by atoms with Crippen LogP contribution in [0.15, 0.2) is 6.33 Å². The van der Waals surface area contributed by atoms with Gasteiger partial charge in [0.15, 0.2) is 0 Å². The monoisotopic (exact) mass is 184 g/mol. The fourth-order valence-corrected chi connectivity index (χ4v) is 1.56. The smallest absolute Gasteiger partial charge is 0.220 e. The van der Waals surface area contributed by atoms with Crippen LogP contribution in [-0.2, 0) is 4.79 Å². The minimum absolute atomic E-state index is 0.0660. The van der Waals surface area contributed by atoms with Gasteiger partial charge in [0.1, 0.15) is 12.2 Å². The van der Waals surface area contributed by atoms with E-state index in [0.717, 1.165) is 5.82 Å². The van der Waals surface area contributed by atoms with E-state index in [1.54, 1.807) is 0 Å². The molecule has 0 spiro atoms. The summed E-state index contributed by atoms with van der Waals surface area (Å²) in [5, 5.41) is 6.55. The molecule has 1 aliphatic heterocycles. The Morgan fingerprint density at radius 2 is 2.58 bits per heavy atom. The molecular weight excluding hydrogens is 176 g/mol. The first-order chi connectivity index (χ1) is 5.77. The molecule has 0 saturated carbocycles. The summed E-state index contributed by atoms with van der Waals surface area (Å²) in [6.45, 7) is 0.637. The Morgan fingerprint density at radius 3 is 3.08 bits per heavy atom. The average molecular weight is 184 g/mol. The summed E-state index contributed by atoms with van der Waals surface area (Å²) in [7, 11) is 0. The van der Waals surface area contributed by atoms with Crippen molar-refractivity contribution in [3.05, 3.63) is 12.2 Å². The van der Waals surface area contributed by atoms with Gasteiger partial charge in [0.25, 0.3) is 0 Å². The third kappa shape index (κ3) is 1.18. The van der Waals surface area contributed by atoms with Crippen LogP contribution in [0, 0.1) is 0 Å². The Balaban J connectivity index is 2.21. The number of nitrogens with zero attached hydrogens (tertiary/aromatic N) is 3. The molecule has 1 saturated heterocycles. The topological polar surface area (TPSA) is 59.8 Å². The number of hydrogen-bond acceptors (Lipinski definition) is 4. The van der Waals surface area contributed by atoms with E-state index < -0.39 is 0 Å². The van der Waals surface area contributed by atoms with Crippen molar-refractivity contribution in [3.63, 3.8) is 0 Å². The van der Waals surface area contributed by atoms with Crippen LogP contribution in [0.5, 0.6) is 0 Å². The first kappa shape index (κ1) is 7.60. The summed E-state index contributed by atoms with van der Waals surface area (Å²) in [6.07, 6.45) is 1.92. The van der Waals surface area contributed by atoms with Gasteiger partial charge in [-0.25, -0.2) is 4.98 Å². The molecule has 1 aromatic rings. The number of hydrogen-bond donors (Lipinski definition) is 2. The molecule has 64 valence electrons. The van der Waals surface area contributed by atoms with Crippen LogP contribution in [0.4, 0.5) is 0 Å². The van der Waals surface area contributed by atoms with Crippen molar-refractivity contribution in [3.8, 4) is 0 Å². The van der Waals surface area contributed by atoms with E-state index in [4.69, 9.17) is 0 Å². The van der Waals surface area contributed by atoms with Crippen molar-refractivity contribution in [2.75, 3.05) is 6.54 Å². The summed E-state index contributed by atoms with van der Waals surface area (Å²) in [6, 6.07) is 0. The van der Waals surface area contributed by atoms with Crippen LogP contribution >= 0.6 is 12.8 Å². The Kier molecular flexibility index (Phi) is 1.76. The third-order valence-electron chi connectivity index (χ3n) is 1.90. The Hall–Kier alpha value is -1.04. The second-order valence-electron chi connectivity index (χ2n) is 2.71. The first-order valence-electron chi connectivity index (χ1n) is 3.63. The van der Waals surface area contributed by atoms with Crippen molar-refractivity contribution < 1.29 is 4.79 Å². The van der Waals surface area contributed by atoms with Crippen LogP contribution in [0.25, 0.3) is 0 Å². The molecule has 0 aliphatic carbocycles. The molecule has 1 aromatic heterocycles. The minimum atomic E-state index is 0.0660. The fourth-order valence-electron chi connectivity index (χ4n) is 1.30. The maximum Gasteiger partial charge on any atom is 0.220 e. The molecule has 2 heterocycles. The molecule has 6 heteroatoms. The molecule has 1 aliphatic rings. The lowest BCUT2D eigenvalue weighted by Gasteiger charge is -2.03. The van der Waals surface area contributed by atoms with Crippen molar-refractivity contribution in [1.29, 1.82) is 0 Å². The standard InChI is InChI=1S/C6H8N4OS/c11-5-1-4(2-7-5)6-8-3-9-10(6)12/h3-4,12H,1-2H2,(H,7,11). The number of carbonyl (C=O) groups is 1. The zero-order valence-corrected chi connectivity index (χ0v) is 7.16. The van der Waals surface area contributed by atoms with Gasteiger partial charge >= 0.3 is 0 Å². The zero-order valence-electron chi connectivity index (χ0n) is 6.27. The van der Waals surface area contributed by atoms with Gasteiger partial charge in [0, 0.05) is 18.9 Å². The maximum absolute atomic E-state index is 10.9. The highest BCUT2D eigenvalue weighted by atomic mass is 32.1. The van der Waals surface area contributed by atoms with Gasteiger partial charge in [0.2, 0.25) is 5.91 Å². The molecule has 0 radical (unpaired) electrons. The van der Waals surface area contributed by atoms with Crippen molar-refractivity contribution in [1.82, 2.24) is 19.5 Å². The van der Waals surface area contributed by atoms with E-state index in [0.29, 0.717) is 13.0 Å². The van der Waals surface area contributed by atoms with E-state index >= 15 is 0 Å². The summed E-state index contributed by atoms with van der Waals surface area (Å²) in [4.78, 5) is 14.9. The quantitative estimate of drug-likeness (QED) is 0.582. The van der Waals surface area contributed by atoms with Gasteiger partial charge in [0.05, 0.1) is 0 Å². The number of nitrogens with one attached hydrogen (secondary N) is 1. The summed E-state index contributed by atoms with van der Waals surface area (Å²) >= 11 is 4.06. The van der Waals surface area contributed by atoms with Crippen LogP contribution in [0.2, 0.25) is 0 Å². The molecule has 1 unspecified atom stereocenters. The van der Waals surface area contributed by atoms with E-state index in [1.807, 2.05) is 0 Å². The van der Waals surface area contributed by atoms with E-state index in [9.17, 15) is 4.79 Å². The molecule has 0 aromatic carbocycles. The normalized spacial score (nSPS) is 22.8. The molecule has 1 fully saturated rings. The molecule has 1 N–H and O–H groups in total. The highest BCUT2D eigenvalue weighted by Gasteiger charge is 2.26. The van der Waals surface area contributed by atoms with Gasteiger partial charge < -0.3 is 5.32 Å². The van der Waals surface area contributed by atoms with Crippen LogP contribution < -0.4 is 5.32 Å². The molecule has 0 bridgehead atoms. The Bertz CT molecular complexity index is 310. The van der Waals surface area contributed by atoms with Crippen LogP contribution in [0.1, 0.15) is 18.2 Å². The predicted octanol–water partition coefficient (Wildman–Crippen LogP) is -0.425. The maximum atomic E-state index is 10.9. The van der Waals surface area contributed by atoms with E-state index in [1.165, 1.54) is 10.4 Å². The molecule has 12 heavy (non-hydrogen) atoms. The molecule has 1 atom stereocenters. The zero-order chi connectivity index (χ0) is 8.55. The van der Waals surface area contributed by atoms with Gasteiger partial charge in [-0.05, 0) is 12.8 Å².